The maximum absolute atomic E-state index is 12.8. The third kappa shape index (κ3) is 1.15. The highest BCUT2D eigenvalue weighted by Crippen LogP contribution is 2.09. The van der Waals surface area contributed by atoms with Crippen LogP contribution in [0.2, 0.25) is 0 Å². The molecule has 1 heterocycles. The molecule has 10 heavy (non-hydrogen) atoms. The molecule has 0 radical (unpaired) electrons. The summed E-state index contributed by atoms with van der Waals surface area (Å²) in [5, 5.41) is 0. The minimum absolute atomic E-state index is 0.189. The van der Waals surface area contributed by atoms with Crippen molar-refractivity contribution in [3.8, 4) is 0 Å². The monoisotopic (exact) mass is 139 g/mol. The van der Waals surface area contributed by atoms with Crippen molar-refractivity contribution in [1.82, 2.24) is 4.98 Å². The molecule has 1 aromatic heterocycles. The summed E-state index contributed by atoms with van der Waals surface area (Å²) in [5.41, 5.74) is 2.03. The number of rotatable bonds is 0. The van der Waals surface area contributed by atoms with Gasteiger partial charge < -0.3 is 0 Å². The lowest BCUT2D eigenvalue weighted by Gasteiger charge is -2.00. The Labute approximate surface area is 59.9 Å². The van der Waals surface area contributed by atoms with Crippen LogP contribution in [0.15, 0.2) is 6.07 Å². The van der Waals surface area contributed by atoms with Crippen LogP contribution < -0.4 is 0 Å². The number of hydrogen-bond donors (Lipinski definition) is 0. The van der Waals surface area contributed by atoms with Gasteiger partial charge in [0.15, 0.2) is 0 Å². The summed E-state index contributed by atoms with van der Waals surface area (Å²) in [6, 6.07) is 1.74. The van der Waals surface area contributed by atoms with Crippen molar-refractivity contribution < 1.29 is 4.39 Å². The minimum Gasteiger partial charge on any atom is -0.255 e. The summed E-state index contributed by atoms with van der Waals surface area (Å²) >= 11 is 0. The van der Waals surface area contributed by atoms with Gasteiger partial charge >= 0.3 is 0 Å². The second kappa shape index (κ2) is 2.37. The van der Waals surface area contributed by atoms with Crippen molar-refractivity contribution in [2.45, 2.75) is 20.8 Å². The zero-order valence-corrected chi connectivity index (χ0v) is 6.40. The lowest BCUT2D eigenvalue weighted by molar-refractivity contribution is 0.599. The Morgan fingerprint density at radius 2 is 1.90 bits per heavy atom. The fourth-order valence-corrected chi connectivity index (χ4v) is 1.01. The van der Waals surface area contributed by atoms with Crippen molar-refractivity contribution in [2.24, 2.45) is 0 Å². The highest BCUT2D eigenvalue weighted by Gasteiger charge is 2.01. The van der Waals surface area contributed by atoms with Gasteiger partial charge in [0.05, 0.1) is 5.69 Å². The average Bonchev–Trinajstić information content (AvgIpc) is 1.82. The van der Waals surface area contributed by atoms with Crippen LogP contribution >= 0.6 is 0 Å². The van der Waals surface area contributed by atoms with Gasteiger partial charge in [-0.1, -0.05) is 0 Å². The Balaban J connectivity index is 3.31. The molecule has 54 valence electrons. The molecule has 0 aliphatic heterocycles. The van der Waals surface area contributed by atoms with Crippen LogP contribution in [0.1, 0.15) is 17.0 Å². The van der Waals surface area contributed by atoms with E-state index in [-0.39, 0.29) is 5.82 Å². The lowest BCUT2D eigenvalue weighted by Crippen LogP contribution is -1.93. The first-order valence-corrected chi connectivity index (χ1v) is 3.21. The van der Waals surface area contributed by atoms with Crippen molar-refractivity contribution in [3.05, 3.63) is 28.8 Å². The molecule has 0 saturated carbocycles. The fraction of sp³-hybridized carbons (Fsp3) is 0.375. The Hall–Kier alpha value is -0.920. The SMILES string of the molecule is Cc1cc(C)c(F)c(C)n1. The number of nitrogens with zero attached hydrogens (tertiary/aromatic N) is 1. The molecule has 1 rings (SSSR count). The first-order chi connectivity index (χ1) is 4.61. The summed E-state index contributed by atoms with van der Waals surface area (Å²) in [7, 11) is 0. The molecule has 0 aliphatic carbocycles. The van der Waals surface area contributed by atoms with Crippen LogP contribution in [0.5, 0.6) is 0 Å². The second-order valence-electron chi connectivity index (χ2n) is 2.48. The fourth-order valence-electron chi connectivity index (χ4n) is 1.01. The average molecular weight is 139 g/mol. The smallest absolute Gasteiger partial charge is 0.147 e. The molecule has 0 atom stereocenters. The molecule has 0 bridgehead atoms. The summed E-state index contributed by atoms with van der Waals surface area (Å²) < 4.78 is 12.8. The highest BCUT2D eigenvalue weighted by atomic mass is 19.1. The van der Waals surface area contributed by atoms with E-state index in [1.807, 2.05) is 6.92 Å². The van der Waals surface area contributed by atoms with E-state index in [1.54, 1.807) is 19.9 Å². The van der Waals surface area contributed by atoms with Crippen LogP contribution in [0.25, 0.3) is 0 Å². The summed E-state index contributed by atoms with van der Waals surface area (Å²) in [5.74, 6) is -0.189. The van der Waals surface area contributed by atoms with Crippen LogP contribution in [0, 0.1) is 26.6 Å². The van der Waals surface area contributed by atoms with Gasteiger partial charge in [0.2, 0.25) is 0 Å². The van der Waals surface area contributed by atoms with Crippen LogP contribution in [0.3, 0.4) is 0 Å². The van der Waals surface area contributed by atoms with E-state index >= 15 is 0 Å². The van der Waals surface area contributed by atoms with E-state index in [9.17, 15) is 4.39 Å². The molecular weight excluding hydrogens is 129 g/mol. The van der Waals surface area contributed by atoms with Crippen molar-refractivity contribution in [2.75, 3.05) is 0 Å². The number of hydrogen-bond acceptors (Lipinski definition) is 1. The van der Waals surface area contributed by atoms with Gasteiger partial charge in [-0.2, -0.15) is 0 Å². The Kier molecular flexibility index (Phi) is 1.70. The van der Waals surface area contributed by atoms with Gasteiger partial charge in [0.1, 0.15) is 5.82 Å². The van der Waals surface area contributed by atoms with Crippen LogP contribution in [-0.4, -0.2) is 4.98 Å². The Bertz CT molecular complexity index is 232. The molecule has 0 amide bonds. The van der Waals surface area contributed by atoms with Gasteiger partial charge in [-0.15, -0.1) is 0 Å². The van der Waals surface area contributed by atoms with E-state index < -0.39 is 0 Å². The maximum Gasteiger partial charge on any atom is 0.147 e. The molecule has 0 aromatic carbocycles. The third-order valence-electron chi connectivity index (χ3n) is 1.43. The first kappa shape index (κ1) is 7.19. The second-order valence-corrected chi connectivity index (χ2v) is 2.48. The number of halogens is 1. The maximum atomic E-state index is 12.8. The highest BCUT2D eigenvalue weighted by molar-refractivity contribution is 5.20. The van der Waals surface area contributed by atoms with Gasteiger partial charge in [-0.3, -0.25) is 4.98 Å². The van der Waals surface area contributed by atoms with Crippen molar-refractivity contribution in [1.29, 1.82) is 0 Å². The summed E-state index contributed by atoms with van der Waals surface area (Å²) in [6.45, 7) is 5.28. The van der Waals surface area contributed by atoms with E-state index in [0.717, 1.165) is 5.69 Å². The Morgan fingerprint density at radius 1 is 1.30 bits per heavy atom. The van der Waals surface area contributed by atoms with E-state index in [2.05, 4.69) is 4.98 Å². The quantitative estimate of drug-likeness (QED) is 0.536. The molecule has 2 heteroatoms. The molecular formula is C8H10FN. The van der Waals surface area contributed by atoms with E-state index in [1.165, 1.54) is 0 Å². The third-order valence-corrected chi connectivity index (χ3v) is 1.43. The van der Waals surface area contributed by atoms with E-state index in [0.29, 0.717) is 11.3 Å². The number of aromatic nitrogens is 1. The molecule has 0 spiro atoms. The topological polar surface area (TPSA) is 12.9 Å². The van der Waals surface area contributed by atoms with Crippen LogP contribution in [-0.2, 0) is 0 Å². The predicted octanol–water partition coefficient (Wildman–Crippen LogP) is 2.15. The molecule has 0 unspecified atom stereocenters. The van der Waals surface area contributed by atoms with Crippen LogP contribution in [0.4, 0.5) is 4.39 Å². The first-order valence-electron chi connectivity index (χ1n) is 3.21. The molecule has 1 aromatic rings. The lowest BCUT2D eigenvalue weighted by atomic mass is 10.2. The van der Waals surface area contributed by atoms with Gasteiger partial charge in [0.25, 0.3) is 0 Å². The molecule has 1 nitrogen and oxygen atoms in total. The molecule has 0 fully saturated rings. The zero-order valence-electron chi connectivity index (χ0n) is 6.40. The van der Waals surface area contributed by atoms with Gasteiger partial charge in [-0.25, -0.2) is 4.39 Å². The standard InChI is InChI=1S/C8H10FN/c1-5-4-6(2)10-7(3)8(5)9/h4H,1-3H3. The number of pyridine rings is 1. The zero-order chi connectivity index (χ0) is 7.72. The van der Waals surface area contributed by atoms with Gasteiger partial charge in [-0.05, 0) is 32.4 Å². The summed E-state index contributed by atoms with van der Waals surface area (Å²) in [6.07, 6.45) is 0. The normalized spacial score (nSPS) is 10.0. The van der Waals surface area contributed by atoms with Gasteiger partial charge in [0, 0.05) is 5.69 Å². The molecule has 0 N–H and O–H groups in total. The van der Waals surface area contributed by atoms with Crippen molar-refractivity contribution in [3.63, 3.8) is 0 Å². The predicted molar refractivity (Wildman–Crippen MR) is 38.4 cm³/mol. The number of aryl methyl sites for hydroxylation is 3. The Morgan fingerprint density at radius 3 is 2.40 bits per heavy atom. The summed E-state index contributed by atoms with van der Waals surface area (Å²) in [4.78, 5) is 3.96. The molecule has 0 aliphatic rings. The largest absolute Gasteiger partial charge is 0.255 e. The van der Waals surface area contributed by atoms with E-state index in [4.69, 9.17) is 0 Å². The minimum atomic E-state index is -0.189. The molecule has 0 saturated heterocycles. The van der Waals surface area contributed by atoms with Crippen molar-refractivity contribution >= 4 is 0 Å².